The highest BCUT2D eigenvalue weighted by molar-refractivity contribution is 7.13. The van der Waals surface area contributed by atoms with Gasteiger partial charge in [-0.15, -0.1) is 21.5 Å². The van der Waals surface area contributed by atoms with Crippen molar-refractivity contribution in [3.63, 3.8) is 0 Å². The molecule has 0 aliphatic carbocycles. The molecule has 1 aliphatic heterocycles. The number of aromatic nitrogens is 3. The van der Waals surface area contributed by atoms with Crippen LogP contribution in [-0.2, 0) is 4.79 Å². The molecule has 4 heterocycles. The maximum absolute atomic E-state index is 12.4. The number of amides is 1. The van der Waals surface area contributed by atoms with Crippen molar-refractivity contribution in [1.29, 1.82) is 0 Å². The van der Waals surface area contributed by atoms with Gasteiger partial charge in [0.1, 0.15) is 5.69 Å². The molecule has 0 saturated carbocycles. The summed E-state index contributed by atoms with van der Waals surface area (Å²) < 4.78 is 0. The minimum atomic E-state index is 0.0183. The molecule has 0 spiro atoms. The molecule has 3 aromatic rings. The van der Waals surface area contributed by atoms with Crippen LogP contribution in [0.15, 0.2) is 54.2 Å². The average Bonchev–Trinajstić information content (AvgIpc) is 3.24. The van der Waals surface area contributed by atoms with E-state index < -0.39 is 0 Å². The lowest BCUT2D eigenvalue weighted by atomic mass is 9.96. The zero-order chi connectivity index (χ0) is 17.8. The van der Waals surface area contributed by atoms with Crippen LogP contribution in [0, 0.1) is 5.92 Å². The Morgan fingerprint density at radius 2 is 2.00 bits per heavy atom. The highest BCUT2D eigenvalue weighted by Gasteiger charge is 2.26. The van der Waals surface area contributed by atoms with E-state index >= 15 is 0 Å². The zero-order valence-electron chi connectivity index (χ0n) is 14.2. The quantitative estimate of drug-likeness (QED) is 0.767. The van der Waals surface area contributed by atoms with E-state index in [1.54, 1.807) is 23.7 Å². The Morgan fingerprint density at radius 1 is 1.12 bits per heavy atom. The molecular formula is C19H19N5OS. The summed E-state index contributed by atoms with van der Waals surface area (Å²) in [6.45, 7) is 1.61. The number of nitrogens with one attached hydrogen (secondary N) is 1. The standard InChI is InChI=1S/C19H19N5OS/c25-19(21-15-3-1-9-20-13-15)14-7-10-24(11-8-14)18-6-5-16(22-23-18)17-4-2-12-26-17/h1-6,9,12-14H,7-8,10-11H2,(H,21,25). The fourth-order valence-corrected chi connectivity index (χ4v) is 3.79. The van der Waals surface area contributed by atoms with Crippen LogP contribution < -0.4 is 10.2 Å². The van der Waals surface area contributed by atoms with Gasteiger partial charge in [-0.25, -0.2) is 0 Å². The molecule has 7 heteroatoms. The molecule has 26 heavy (non-hydrogen) atoms. The molecule has 6 nitrogen and oxygen atoms in total. The monoisotopic (exact) mass is 365 g/mol. The molecule has 0 radical (unpaired) electrons. The highest BCUT2D eigenvalue weighted by atomic mass is 32.1. The fraction of sp³-hybridized carbons (Fsp3) is 0.263. The van der Waals surface area contributed by atoms with E-state index in [9.17, 15) is 4.79 Å². The Morgan fingerprint density at radius 3 is 2.65 bits per heavy atom. The van der Waals surface area contributed by atoms with Gasteiger partial charge < -0.3 is 10.2 Å². The van der Waals surface area contributed by atoms with Gasteiger partial charge in [0.15, 0.2) is 5.82 Å². The number of hydrogen-bond acceptors (Lipinski definition) is 6. The van der Waals surface area contributed by atoms with Crippen LogP contribution in [0.2, 0.25) is 0 Å². The van der Waals surface area contributed by atoms with Crippen molar-refractivity contribution in [2.45, 2.75) is 12.8 Å². The lowest BCUT2D eigenvalue weighted by Gasteiger charge is -2.31. The first-order valence-electron chi connectivity index (χ1n) is 8.63. The van der Waals surface area contributed by atoms with Crippen LogP contribution in [0.1, 0.15) is 12.8 Å². The summed E-state index contributed by atoms with van der Waals surface area (Å²) in [4.78, 5) is 19.7. The smallest absolute Gasteiger partial charge is 0.227 e. The molecule has 0 unspecified atom stereocenters. The summed E-state index contributed by atoms with van der Waals surface area (Å²) in [6, 6.07) is 11.7. The largest absolute Gasteiger partial charge is 0.355 e. The zero-order valence-corrected chi connectivity index (χ0v) is 15.0. The Kier molecular flexibility index (Phi) is 4.88. The number of hydrogen-bond donors (Lipinski definition) is 1. The van der Waals surface area contributed by atoms with E-state index in [0.717, 1.165) is 48.0 Å². The SMILES string of the molecule is O=C(Nc1cccnc1)C1CCN(c2ccc(-c3cccs3)nn2)CC1. The number of rotatable bonds is 4. The fourth-order valence-electron chi connectivity index (χ4n) is 3.10. The maximum Gasteiger partial charge on any atom is 0.227 e. The number of carbonyl (C=O) groups excluding carboxylic acids is 1. The molecule has 3 aromatic heterocycles. The summed E-state index contributed by atoms with van der Waals surface area (Å²) in [5.74, 6) is 0.956. The van der Waals surface area contributed by atoms with Crippen molar-refractivity contribution in [3.8, 4) is 10.6 Å². The molecular weight excluding hydrogens is 346 g/mol. The molecule has 0 atom stereocenters. The summed E-state index contributed by atoms with van der Waals surface area (Å²) >= 11 is 1.66. The lowest BCUT2D eigenvalue weighted by molar-refractivity contribution is -0.120. The maximum atomic E-state index is 12.4. The number of pyridine rings is 1. The van der Waals surface area contributed by atoms with E-state index in [2.05, 4.69) is 25.4 Å². The van der Waals surface area contributed by atoms with Gasteiger partial charge in [0, 0.05) is 25.2 Å². The summed E-state index contributed by atoms with van der Waals surface area (Å²) in [5.41, 5.74) is 1.64. The molecule has 1 fully saturated rings. The first kappa shape index (κ1) is 16.7. The van der Waals surface area contributed by atoms with Crippen molar-refractivity contribution in [1.82, 2.24) is 15.2 Å². The van der Waals surface area contributed by atoms with Crippen molar-refractivity contribution < 1.29 is 4.79 Å². The van der Waals surface area contributed by atoms with E-state index in [1.165, 1.54) is 0 Å². The highest BCUT2D eigenvalue weighted by Crippen LogP contribution is 2.26. The predicted molar refractivity (Wildman–Crippen MR) is 103 cm³/mol. The van der Waals surface area contributed by atoms with Gasteiger partial charge in [-0.3, -0.25) is 9.78 Å². The normalized spacial score (nSPS) is 15.0. The van der Waals surface area contributed by atoms with E-state index in [-0.39, 0.29) is 11.8 Å². The van der Waals surface area contributed by atoms with Gasteiger partial charge in [0.05, 0.1) is 16.8 Å². The van der Waals surface area contributed by atoms with Crippen molar-refractivity contribution >= 4 is 28.7 Å². The Labute approximate surface area is 155 Å². The first-order valence-corrected chi connectivity index (χ1v) is 9.51. The number of carbonyl (C=O) groups is 1. The number of anilines is 2. The Hall–Kier alpha value is -2.80. The second-order valence-electron chi connectivity index (χ2n) is 6.25. The van der Waals surface area contributed by atoms with Gasteiger partial charge in [-0.1, -0.05) is 6.07 Å². The first-order chi connectivity index (χ1) is 12.8. The molecule has 132 valence electrons. The molecule has 0 aromatic carbocycles. The van der Waals surface area contributed by atoms with Crippen LogP contribution in [0.5, 0.6) is 0 Å². The third kappa shape index (κ3) is 3.72. The molecule has 0 bridgehead atoms. The second kappa shape index (κ2) is 7.61. The van der Waals surface area contributed by atoms with Crippen molar-refractivity contribution in [3.05, 3.63) is 54.2 Å². The van der Waals surface area contributed by atoms with Crippen molar-refractivity contribution in [2.24, 2.45) is 5.92 Å². The third-order valence-corrected chi connectivity index (χ3v) is 5.44. The van der Waals surface area contributed by atoms with Crippen LogP contribution in [0.3, 0.4) is 0 Å². The van der Waals surface area contributed by atoms with Gasteiger partial charge in [0.25, 0.3) is 0 Å². The Balaban J connectivity index is 1.34. The van der Waals surface area contributed by atoms with E-state index in [1.807, 2.05) is 41.8 Å². The van der Waals surface area contributed by atoms with Crippen LogP contribution in [-0.4, -0.2) is 34.2 Å². The van der Waals surface area contributed by atoms with Gasteiger partial charge in [0.2, 0.25) is 5.91 Å². The van der Waals surface area contributed by atoms with Crippen LogP contribution >= 0.6 is 11.3 Å². The second-order valence-corrected chi connectivity index (χ2v) is 7.19. The minimum absolute atomic E-state index is 0.0183. The topological polar surface area (TPSA) is 71.0 Å². The van der Waals surface area contributed by atoms with Crippen LogP contribution in [0.25, 0.3) is 10.6 Å². The van der Waals surface area contributed by atoms with Crippen molar-refractivity contribution in [2.75, 3.05) is 23.3 Å². The van der Waals surface area contributed by atoms with Gasteiger partial charge >= 0.3 is 0 Å². The van der Waals surface area contributed by atoms with Crippen LogP contribution in [0.4, 0.5) is 11.5 Å². The molecule has 1 aliphatic rings. The predicted octanol–water partition coefficient (Wildman–Crippen LogP) is 3.46. The number of piperidine rings is 1. The summed E-state index contributed by atoms with van der Waals surface area (Å²) in [7, 11) is 0. The third-order valence-electron chi connectivity index (χ3n) is 4.54. The van der Waals surface area contributed by atoms with Gasteiger partial charge in [-0.05, 0) is 48.6 Å². The lowest BCUT2D eigenvalue weighted by Crippen LogP contribution is -2.38. The molecule has 1 N–H and O–H groups in total. The minimum Gasteiger partial charge on any atom is -0.355 e. The summed E-state index contributed by atoms with van der Waals surface area (Å²) in [6.07, 6.45) is 4.97. The van der Waals surface area contributed by atoms with Gasteiger partial charge in [-0.2, -0.15) is 0 Å². The Bertz CT molecular complexity index is 843. The molecule has 4 rings (SSSR count). The molecule has 1 amide bonds. The molecule has 1 saturated heterocycles. The number of nitrogens with zero attached hydrogens (tertiary/aromatic N) is 4. The number of thiophene rings is 1. The average molecular weight is 365 g/mol. The van der Waals surface area contributed by atoms with E-state index in [4.69, 9.17) is 0 Å². The summed E-state index contributed by atoms with van der Waals surface area (Å²) in [5, 5.41) is 13.7. The van der Waals surface area contributed by atoms with E-state index in [0.29, 0.717) is 0 Å².